The van der Waals surface area contributed by atoms with Crippen LogP contribution in [0.15, 0.2) is 0 Å². The van der Waals surface area contributed by atoms with Crippen molar-refractivity contribution < 1.29 is 46.3 Å². The molecule has 0 radical (unpaired) electrons. The molecule has 0 saturated carbocycles. The van der Waals surface area contributed by atoms with Crippen LogP contribution >= 0.6 is 15.2 Å². The fourth-order valence-electron chi connectivity index (χ4n) is 2.01. The minimum absolute atomic E-state index is 0.0634. The lowest BCUT2D eigenvalue weighted by atomic mass is 10.3. The molecule has 0 aromatic heterocycles. The Morgan fingerprint density at radius 3 is 1.79 bits per heavy atom. The average Bonchev–Trinajstić information content (AvgIpc) is 2.69. The molecular weight excluding hydrogens is 426 g/mol. The van der Waals surface area contributed by atoms with Crippen molar-refractivity contribution in [3.63, 3.8) is 0 Å². The zero-order valence-electron chi connectivity index (χ0n) is 17.8. The van der Waals surface area contributed by atoms with Crippen LogP contribution in [0, 0.1) is 0 Å². The summed E-state index contributed by atoms with van der Waals surface area (Å²) in [5, 5.41) is 0. The molecule has 0 bridgehead atoms. The quantitative estimate of drug-likeness (QED) is 0.161. The normalized spacial score (nSPS) is 15.4. The Bertz CT molecular complexity index is 566. The average molecular weight is 460 g/mol. The van der Waals surface area contributed by atoms with Crippen molar-refractivity contribution in [2.75, 3.05) is 59.6 Å². The second kappa shape index (κ2) is 16.1. The first kappa shape index (κ1) is 28.4. The molecular formula is C17H34O10P2. The van der Waals surface area contributed by atoms with Gasteiger partial charge in [-0.05, 0) is 26.2 Å². The van der Waals surface area contributed by atoms with Gasteiger partial charge in [0.25, 0.3) is 0 Å². The Labute approximate surface area is 173 Å². The van der Waals surface area contributed by atoms with Gasteiger partial charge in [0.05, 0.1) is 39.3 Å². The third-order valence-corrected chi connectivity index (χ3v) is 7.43. The summed E-state index contributed by atoms with van der Waals surface area (Å²) in [7, 11) is -4.16. The Hall–Kier alpha value is -0.600. The van der Waals surface area contributed by atoms with E-state index >= 15 is 0 Å². The lowest BCUT2D eigenvalue weighted by Crippen LogP contribution is -2.12. The molecule has 0 amide bonds. The molecule has 0 aromatic carbocycles. The summed E-state index contributed by atoms with van der Waals surface area (Å²) < 4.78 is 55.7. The Kier molecular flexibility index (Phi) is 15.8. The van der Waals surface area contributed by atoms with Gasteiger partial charge in [0.1, 0.15) is 6.61 Å². The van der Waals surface area contributed by atoms with Gasteiger partial charge < -0.3 is 23.0 Å². The van der Waals surface area contributed by atoms with Gasteiger partial charge in [-0.3, -0.25) is 18.4 Å². The number of carbonyl (C=O) groups excluding carboxylic acids is 2. The second-order valence-corrected chi connectivity index (χ2v) is 10.6. The molecule has 0 N–H and O–H groups in total. The molecule has 2 atom stereocenters. The van der Waals surface area contributed by atoms with E-state index in [2.05, 4.69) is 4.74 Å². The second-order valence-electron chi connectivity index (χ2n) is 6.21. The van der Waals surface area contributed by atoms with Crippen LogP contribution in [0.25, 0.3) is 0 Å². The van der Waals surface area contributed by atoms with E-state index in [0.29, 0.717) is 25.7 Å². The van der Waals surface area contributed by atoms with E-state index in [-0.39, 0.29) is 44.5 Å². The predicted octanol–water partition coefficient (Wildman–Crippen LogP) is 3.43. The highest BCUT2D eigenvalue weighted by Gasteiger charge is 2.27. The molecule has 172 valence electrons. The molecule has 0 heterocycles. The molecule has 10 nitrogen and oxygen atoms in total. The Balaban J connectivity index is 4.53. The van der Waals surface area contributed by atoms with Crippen molar-refractivity contribution in [1.82, 2.24) is 0 Å². The number of Topliss-reactive ketones (excluding diaryl/α,β-unsaturated/α-hetero) is 1. The molecule has 0 aliphatic heterocycles. The molecule has 0 fully saturated rings. The van der Waals surface area contributed by atoms with Gasteiger partial charge in [0, 0.05) is 7.11 Å². The molecule has 12 heteroatoms. The fraction of sp³-hybridized carbons (Fsp3) is 0.882. The molecule has 0 aliphatic carbocycles. The summed E-state index contributed by atoms with van der Waals surface area (Å²) in [5.41, 5.74) is 0. The fourth-order valence-corrected chi connectivity index (χ4v) is 5.39. The standard InChI is InChI=1S/C17H34O10P2/c1-5-9-24-28(20,26-14-16(2)18)12-7-6-8-13-29(21,25-11-10-22-3)27-15-17(19)23-4/h5-15H2,1-4H3. The van der Waals surface area contributed by atoms with Crippen LogP contribution in [0.5, 0.6) is 0 Å². The highest BCUT2D eigenvalue weighted by Crippen LogP contribution is 2.51. The van der Waals surface area contributed by atoms with E-state index in [0.717, 1.165) is 0 Å². The summed E-state index contributed by atoms with van der Waals surface area (Å²) in [6, 6.07) is 0. The van der Waals surface area contributed by atoms with E-state index in [1.54, 1.807) is 0 Å². The molecule has 0 saturated heterocycles. The highest BCUT2D eigenvalue weighted by atomic mass is 31.2. The van der Waals surface area contributed by atoms with E-state index in [4.69, 9.17) is 22.8 Å². The largest absolute Gasteiger partial charge is 0.467 e. The molecule has 0 spiro atoms. The molecule has 29 heavy (non-hydrogen) atoms. The SMILES string of the molecule is CCCOP(=O)(CCCCCP(=O)(OCCOC)OCC(=O)OC)OCC(C)=O. The third-order valence-electron chi connectivity index (χ3n) is 3.50. The van der Waals surface area contributed by atoms with Crippen molar-refractivity contribution >= 4 is 26.9 Å². The summed E-state index contributed by atoms with van der Waals surface area (Å²) in [6.07, 6.45) is 2.40. The number of carbonyl (C=O) groups is 2. The van der Waals surface area contributed by atoms with Crippen molar-refractivity contribution in [2.45, 2.75) is 39.5 Å². The van der Waals surface area contributed by atoms with Crippen LogP contribution in [0.2, 0.25) is 0 Å². The van der Waals surface area contributed by atoms with Crippen molar-refractivity contribution in [1.29, 1.82) is 0 Å². The number of esters is 1. The number of methoxy groups -OCH3 is 2. The minimum Gasteiger partial charge on any atom is -0.467 e. The van der Waals surface area contributed by atoms with Crippen molar-refractivity contribution in [2.24, 2.45) is 0 Å². The van der Waals surface area contributed by atoms with E-state index in [9.17, 15) is 18.7 Å². The summed E-state index contributed by atoms with van der Waals surface area (Å²) in [4.78, 5) is 22.3. The summed E-state index contributed by atoms with van der Waals surface area (Å²) in [6.45, 7) is 3.07. The van der Waals surface area contributed by atoms with Gasteiger partial charge in [-0.25, -0.2) is 4.79 Å². The summed E-state index contributed by atoms with van der Waals surface area (Å²) >= 11 is 0. The molecule has 0 rings (SSSR count). The number of hydrogen-bond acceptors (Lipinski definition) is 10. The van der Waals surface area contributed by atoms with Gasteiger partial charge in [-0.2, -0.15) is 0 Å². The van der Waals surface area contributed by atoms with E-state index < -0.39 is 27.8 Å². The number of unbranched alkanes of at least 4 members (excludes halogenated alkanes) is 2. The maximum atomic E-state index is 12.7. The third kappa shape index (κ3) is 14.9. The first-order valence-corrected chi connectivity index (χ1v) is 13.0. The van der Waals surface area contributed by atoms with E-state index in [1.165, 1.54) is 21.1 Å². The number of rotatable bonds is 19. The number of hydrogen-bond donors (Lipinski definition) is 0. The number of ether oxygens (including phenoxy) is 2. The topological polar surface area (TPSA) is 124 Å². The molecule has 0 aromatic rings. The zero-order valence-corrected chi connectivity index (χ0v) is 19.5. The van der Waals surface area contributed by atoms with Crippen LogP contribution in [0.1, 0.15) is 39.5 Å². The van der Waals surface area contributed by atoms with Crippen LogP contribution in [-0.2, 0) is 46.3 Å². The summed E-state index contributed by atoms with van der Waals surface area (Å²) in [5.74, 6) is -0.889. The molecule has 2 unspecified atom stereocenters. The van der Waals surface area contributed by atoms with Crippen molar-refractivity contribution in [3.05, 3.63) is 0 Å². The maximum Gasteiger partial charge on any atom is 0.332 e. The lowest BCUT2D eigenvalue weighted by molar-refractivity contribution is -0.143. The first-order chi connectivity index (χ1) is 13.7. The maximum absolute atomic E-state index is 12.7. The zero-order chi connectivity index (χ0) is 22.2. The van der Waals surface area contributed by atoms with Gasteiger partial charge in [-0.1, -0.05) is 13.3 Å². The Morgan fingerprint density at radius 2 is 1.31 bits per heavy atom. The molecule has 0 aliphatic rings. The van der Waals surface area contributed by atoms with E-state index in [1.807, 2.05) is 6.92 Å². The van der Waals surface area contributed by atoms with Crippen LogP contribution in [0.4, 0.5) is 0 Å². The first-order valence-electron chi connectivity index (χ1n) is 9.51. The van der Waals surface area contributed by atoms with Gasteiger partial charge in [-0.15, -0.1) is 0 Å². The highest BCUT2D eigenvalue weighted by molar-refractivity contribution is 7.54. The van der Waals surface area contributed by atoms with Gasteiger partial charge in [0.15, 0.2) is 12.4 Å². The van der Waals surface area contributed by atoms with Crippen LogP contribution in [0.3, 0.4) is 0 Å². The van der Waals surface area contributed by atoms with Crippen molar-refractivity contribution in [3.8, 4) is 0 Å². The minimum atomic E-state index is -3.50. The number of ketones is 1. The van der Waals surface area contributed by atoms with Gasteiger partial charge >= 0.3 is 21.2 Å². The Morgan fingerprint density at radius 1 is 0.759 bits per heavy atom. The lowest BCUT2D eigenvalue weighted by Gasteiger charge is -2.19. The van der Waals surface area contributed by atoms with Gasteiger partial charge in [0.2, 0.25) is 0 Å². The monoisotopic (exact) mass is 460 g/mol. The smallest absolute Gasteiger partial charge is 0.332 e. The van der Waals surface area contributed by atoms with Crippen LogP contribution in [-0.4, -0.2) is 71.3 Å². The van der Waals surface area contributed by atoms with Crippen LogP contribution < -0.4 is 0 Å². The predicted molar refractivity (Wildman–Crippen MR) is 107 cm³/mol.